The average molecular weight is 316 g/mol. The molecule has 0 radical (unpaired) electrons. The van der Waals surface area contributed by atoms with Crippen LogP contribution in [-0.2, 0) is 4.79 Å². The van der Waals surface area contributed by atoms with Crippen LogP contribution in [0.4, 0.5) is 11.4 Å². The van der Waals surface area contributed by atoms with Gasteiger partial charge in [-0.3, -0.25) is 9.59 Å². The van der Waals surface area contributed by atoms with Crippen LogP contribution in [0.3, 0.4) is 0 Å². The lowest BCUT2D eigenvalue weighted by Crippen LogP contribution is -2.17. The molecule has 0 aliphatic carbocycles. The second-order valence-electron chi connectivity index (χ2n) is 5.63. The number of benzene rings is 1. The van der Waals surface area contributed by atoms with Crippen molar-refractivity contribution in [2.75, 3.05) is 10.6 Å². The molecular weight excluding hydrogens is 296 g/mol. The van der Waals surface area contributed by atoms with Crippen LogP contribution in [-0.4, -0.2) is 11.8 Å². The van der Waals surface area contributed by atoms with Crippen molar-refractivity contribution < 1.29 is 9.59 Å². The largest absolute Gasteiger partial charge is 0.324 e. The molecule has 1 aromatic carbocycles. The maximum Gasteiger partial charge on any atom is 0.265 e. The summed E-state index contributed by atoms with van der Waals surface area (Å²) in [6.07, 6.45) is 0.451. The van der Waals surface area contributed by atoms with E-state index in [-0.39, 0.29) is 17.7 Å². The van der Waals surface area contributed by atoms with Gasteiger partial charge in [-0.25, -0.2) is 0 Å². The third-order valence-electron chi connectivity index (χ3n) is 3.04. The van der Waals surface area contributed by atoms with E-state index in [9.17, 15) is 9.59 Å². The molecule has 4 nitrogen and oxygen atoms in total. The zero-order valence-corrected chi connectivity index (χ0v) is 13.8. The van der Waals surface area contributed by atoms with E-state index in [1.54, 1.807) is 6.07 Å². The van der Waals surface area contributed by atoms with Gasteiger partial charge in [0.05, 0.1) is 16.3 Å². The average Bonchev–Trinajstić information content (AvgIpc) is 2.94. The van der Waals surface area contributed by atoms with E-state index in [0.717, 1.165) is 5.56 Å². The van der Waals surface area contributed by atoms with E-state index >= 15 is 0 Å². The highest BCUT2D eigenvalue weighted by Crippen LogP contribution is 2.25. The number of hydrogen-bond donors (Lipinski definition) is 2. The monoisotopic (exact) mass is 316 g/mol. The fourth-order valence-electron chi connectivity index (χ4n) is 2.03. The minimum absolute atomic E-state index is 0.0489. The first-order valence-electron chi connectivity index (χ1n) is 7.21. The molecule has 0 fully saturated rings. The number of amides is 2. The van der Waals surface area contributed by atoms with E-state index in [2.05, 4.69) is 10.6 Å². The second kappa shape index (κ2) is 7.22. The predicted octanol–water partition coefficient (Wildman–Crippen LogP) is 4.29. The summed E-state index contributed by atoms with van der Waals surface area (Å²) < 4.78 is 0. The summed E-state index contributed by atoms with van der Waals surface area (Å²) in [7, 11) is 0. The molecule has 22 heavy (non-hydrogen) atoms. The van der Waals surface area contributed by atoms with Crippen molar-refractivity contribution in [2.24, 2.45) is 5.92 Å². The van der Waals surface area contributed by atoms with Crippen LogP contribution in [0.1, 0.15) is 35.5 Å². The molecule has 116 valence electrons. The van der Waals surface area contributed by atoms with Gasteiger partial charge in [0.1, 0.15) is 0 Å². The topological polar surface area (TPSA) is 58.2 Å². The highest BCUT2D eigenvalue weighted by atomic mass is 32.1. The molecule has 2 amide bonds. The van der Waals surface area contributed by atoms with Crippen LogP contribution in [0, 0.1) is 12.8 Å². The van der Waals surface area contributed by atoms with E-state index < -0.39 is 0 Å². The number of anilines is 2. The number of thiophene rings is 1. The number of carbonyl (C=O) groups is 2. The summed E-state index contributed by atoms with van der Waals surface area (Å²) in [6.45, 7) is 5.94. The lowest BCUT2D eigenvalue weighted by molar-refractivity contribution is -0.116. The molecule has 0 saturated heterocycles. The second-order valence-corrected chi connectivity index (χ2v) is 6.57. The molecule has 0 spiro atoms. The molecule has 5 heteroatoms. The molecule has 0 aliphatic rings. The van der Waals surface area contributed by atoms with Crippen LogP contribution < -0.4 is 10.6 Å². The minimum atomic E-state index is -0.168. The summed E-state index contributed by atoms with van der Waals surface area (Å²) in [6, 6.07) is 9.18. The fourth-order valence-corrected chi connectivity index (χ4v) is 2.65. The number of carbonyl (C=O) groups excluding carboxylic acids is 2. The van der Waals surface area contributed by atoms with Crippen LogP contribution in [0.5, 0.6) is 0 Å². The van der Waals surface area contributed by atoms with Gasteiger partial charge in [-0.1, -0.05) is 26.0 Å². The van der Waals surface area contributed by atoms with Crippen molar-refractivity contribution in [1.82, 2.24) is 0 Å². The first-order chi connectivity index (χ1) is 10.5. The van der Waals surface area contributed by atoms with Crippen molar-refractivity contribution in [3.8, 4) is 0 Å². The number of rotatable bonds is 5. The summed E-state index contributed by atoms with van der Waals surface area (Å²) in [5, 5.41) is 7.60. The summed E-state index contributed by atoms with van der Waals surface area (Å²) in [5.74, 6) is 0.0689. The smallest absolute Gasteiger partial charge is 0.265 e. The van der Waals surface area contributed by atoms with Gasteiger partial charge in [0.25, 0.3) is 5.91 Å². The lowest BCUT2D eigenvalue weighted by atomic mass is 10.1. The van der Waals surface area contributed by atoms with Gasteiger partial charge < -0.3 is 10.6 Å². The SMILES string of the molecule is Cc1ccc(NC(=O)c2cccs2)c(NC(=O)CC(C)C)c1. The molecule has 1 heterocycles. The van der Waals surface area contributed by atoms with Gasteiger partial charge >= 0.3 is 0 Å². The standard InChI is InChI=1S/C17H20N2O2S/c1-11(2)9-16(20)18-14-10-12(3)6-7-13(14)19-17(21)15-5-4-8-22-15/h4-8,10-11H,9H2,1-3H3,(H,18,20)(H,19,21). The highest BCUT2D eigenvalue weighted by molar-refractivity contribution is 7.12. The molecule has 0 saturated carbocycles. The third kappa shape index (κ3) is 4.43. The molecule has 0 aliphatic heterocycles. The Morgan fingerprint density at radius 2 is 1.91 bits per heavy atom. The van der Waals surface area contributed by atoms with Gasteiger partial charge in [-0.2, -0.15) is 0 Å². The van der Waals surface area contributed by atoms with E-state index in [4.69, 9.17) is 0 Å². The van der Waals surface area contributed by atoms with Gasteiger partial charge in [0.15, 0.2) is 0 Å². The maximum atomic E-state index is 12.2. The Labute approximate surface area is 134 Å². The molecule has 1 aromatic heterocycles. The van der Waals surface area contributed by atoms with Crippen molar-refractivity contribution in [1.29, 1.82) is 0 Å². The molecule has 2 aromatic rings. The lowest BCUT2D eigenvalue weighted by Gasteiger charge is -2.13. The van der Waals surface area contributed by atoms with E-state index in [0.29, 0.717) is 22.7 Å². The van der Waals surface area contributed by atoms with Gasteiger partial charge in [-0.05, 0) is 42.0 Å². The quantitative estimate of drug-likeness (QED) is 0.864. The fraction of sp³-hybridized carbons (Fsp3) is 0.294. The summed E-state index contributed by atoms with van der Waals surface area (Å²) in [4.78, 5) is 24.8. The Bertz CT molecular complexity index is 663. The molecule has 2 rings (SSSR count). The van der Waals surface area contributed by atoms with Crippen molar-refractivity contribution >= 4 is 34.5 Å². The first-order valence-corrected chi connectivity index (χ1v) is 8.09. The molecule has 2 N–H and O–H groups in total. The van der Waals surface area contributed by atoms with Crippen molar-refractivity contribution in [3.63, 3.8) is 0 Å². The molecule has 0 unspecified atom stereocenters. The number of hydrogen-bond acceptors (Lipinski definition) is 3. The zero-order chi connectivity index (χ0) is 16.1. The van der Waals surface area contributed by atoms with Gasteiger partial charge in [0.2, 0.25) is 5.91 Å². The third-order valence-corrected chi connectivity index (χ3v) is 3.90. The Kier molecular flexibility index (Phi) is 5.33. The zero-order valence-electron chi connectivity index (χ0n) is 13.0. The summed E-state index contributed by atoms with van der Waals surface area (Å²) in [5.41, 5.74) is 2.27. The Balaban J connectivity index is 2.17. The normalized spacial score (nSPS) is 10.5. The highest BCUT2D eigenvalue weighted by Gasteiger charge is 2.12. The van der Waals surface area contributed by atoms with Crippen LogP contribution in [0.2, 0.25) is 0 Å². The van der Waals surface area contributed by atoms with Gasteiger partial charge in [0, 0.05) is 6.42 Å². The minimum Gasteiger partial charge on any atom is -0.324 e. The van der Waals surface area contributed by atoms with Crippen LogP contribution >= 0.6 is 11.3 Å². The molecule has 0 bridgehead atoms. The Morgan fingerprint density at radius 1 is 1.14 bits per heavy atom. The summed E-state index contributed by atoms with van der Waals surface area (Å²) >= 11 is 1.38. The first kappa shape index (κ1) is 16.2. The van der Waals surface area contributed by atoms with E-state index in [1.807, 2.05) is 50.4 Å². The van der Waals surface area contributed by atoms with Crippen LogP contribution in [0.15, 0.2) is 35.7 Å². The van der Waals surface area contributed by atoms with Gasteiger partial charge in [-0.15, -0.1) is 11.3 Å². The number of nitrogens with one attached hydrogen (secondary N) is 2. The number of aryl methyl sites for hydroxylation is 1. The van der Waals surface area contributed by atoms with Crippen molar-refractivity contribution in [2.45, 2.75) is 27.2 Å². The predicted molar refractivity (Wildman–Crippen MR) is 91.5 cm³/mol. The maximum absolute atomic E-state index is 12.2. The Morgan fingerprint density at radius 3 is 2.55 bits per heavy atom. The molecular formula is C17H20N2O2S. The van der Waals surface area contributed by atoms with Crippen LogP contribution in [0.25, 0.3) is 0 Å². The van der Waals surface area contributed by atoms with E-state index in [1.165, 1.54) is 11.3 Å². The van der Waals surface area contributed by atoms with Crippen molar-refractivity contribution in [3.05, 3.63) is 46.2 Å². The molecule has 0 atom stereocenters. The Hall–Kier alpha value is -2.14.